The lowest BCUT2D eigenvalue weighted by molar-refractivity contribution is 0.0705. The zero-order valence-electron chi connectivity index (χ0n) is 15.4. The van der Waals surface area contributed by atoms with Gasteiger partial charge in [-0.05, 0) is 30.5 Å². The Morgan fingerprint density at radius 3 is 2.68 bits per heavy atom. The van der Waals surface area contributed by atoms with Crippen LogP contribution in [0.3, 0.4) is 0 Å². The number of rotatable bonds is 4. The van der Waals surface area contributed by atoms with Crippen LogP contribution in [-0.4, -0.2) is 51.2 Å². The number of carbonyl (C=O) groups is 1. The highest BCUT2D eigenvalue weighted by molar-refractivity contribution is 5.93. The molecular weight excluding hydrogens is 361 g/mol. The van der Waals surface area contributed by atoms with Crippen molar-refractivity contribution in [1.82, 2.24) is 25.1 Å². The van der Waals surface area contributed by atoms with E-state index in [1.165, 1.54) is 31.6 Å². The molecule has 144 valence electrons. The summed E-state index contributed by atoms with van der Waals surface area (Å²) in [7, 11) is 1.48. The molecule has 0 bridgehead atoms. The monoisotopic (exact) mass is 381 g/mol. The quantitative estimate of drug-likeness (QED) is 0.751. The second kappa shape index (κ2) is 7.75. The largest absolute Gasteiger partial charge is 0.467 e. The molecule has 3 heterocycles. The van der Waals surface area contributed by atoms with E-state index in [1.807, 2.05) is 4.90 Å². The molecule has 0 unspecified atom stereocenters. The minimum Gasteiger partial charge on any atom is -0.467 e. The van der Waals surface area contributed by atoms with E-state index in [0.717, 1.165) is 29.7 Å². The molecule has 1 aromatic carbocycles. The smallest absolute Gasteiger partial charge is 0.316 e. The number of aromatic nitrogens is 4. The van der Waals surface area contributed by atoms with Gasteiger partial charge in [0.05, 0.1) is 18.9 Å². The van der Waals surface area contributed by atoms with Crippen LogP contribution in [0.15, 0.2) is 42.9 Å². The van der Waals surface area contributed by atoms with Gasteiger partial charge in [-0.25, -0.2) is 14.4 Å². The molecule has 1 aliphatic heterocycles. The molecule has 7 nitrogen and oxygen atoms in total. The number of nitrogens with one attached hydrogen (secondary N) is 1. The number of ether oxygens (including phenoxy) is 1. The van der Waals surface area contributed by atoms with Gasteiger partial charge in [0, 0.05) is 42.7 Å². The molecule has 3 aromatic rings. The van der Waals surface area contributed by atoms with Crippen molar-refractivity contribution in [3.05, 3.63) is 59.9 Å². The van der Waals surface area contributed by atoms with E-state index in [2.05, 4.69) is 20.2 Å². The average molecular weight is 381 g/mol. The molecular formula is C20H20FN5O2. The molecule has 1 saturated heterocycles. The number of carbonyl (C=O) groups excluding carboxylic acids is 1. The number of likely N-dealkylation sites (tertiary alicyclic amines) is 1. The van der Waals surface area contributed by atoms with Gasteiger partial charge in [0.1, 0.15) is 5.82 Å². The van der Waals surface area contributed by atoms with Crippen LogP contribution in [0.1, 0.15) is 34.8 Å². The standard InChI is InChI=1S/C20H20FN5O2/c1-28-20-22-9-15(10-23-20)19(27)26-8-2-3-14(12-26)18-17(11-24-25-18)13-4-6-16(21)7-5-13/h4-7,9-11,14H,2-3,8,12H2,1H3,(H,24,25)/t14-/m0/s1. The second-order valence-corrected chi connectivity index (χ2v) is 6.75. The SMILES string of the molecule is COc1ncc(C(=O)N2CCC[C@H](c3[nH]ncc3-c3ccc(F)cc3)C2)cn1. The van der Waals surface area contributed by atoms with E-state index >= 15 is 0 Å². The van der Waals surface area contributed by atoms with Gasteiger partial charge in [0.2, 0.25) is 0 Å². The summed E-state index contributed by atoms with van der Waals surface area (Å²) in [4.78, 5) is 22.7. The Bertz CT molecular complexity index is 955. The lowest BCUT2D eigenvalue weighted by Crippen LogP contribution is -2.39. The molecule has 0 spiro atoms. The van der Waals surface area contributed by atoms with E-state index in [1.54, 1.807) is 18.3 Å². The molecule has 1 N–H and O–H groups in total. The third kappa shape index (κ3) is 3.58. The topological polar surface area (TPSA) is 84.0 Å². The van der Waals surface area contributed by atoms with Crippen LogP contribution in [0.2, 0.25) is 0 Å². The Kier molecular flexibility index (Phi) is 5.01. The van der Waals surface area contributed by atoms with Crippen molar-refractivity contribution in [1.29, 1.82) is 0 Å². The van der Waals surface area contributed by atoms with Crippen molar-refractivity contribution >= 4 is 5.91 Å². The van der Waals surface area contributed by atoms with E-state index < -0.39 is 0 Å². The van der Waals surface area contributed by atoms with Gasteiger partial charge in [-0.2, -0.15) is 5.10 Å². The third-order valence-electron chi connectivity index (χ3n) is 5.00. The maximum Gasteiger partial charge on any atom is 0.316 e. The molecule has 0 saturated carbocycles. The number of piperidine rings is 1. The molecule has 1 amide bonds. The predicted molar refractivity (Wildman–Crippen MR) is 100 cm³/mol. The van der Waals surface area contributed by atoms with E-state index in [4.69, 9.17) is 4.74 Å². The number of aromatic amines is 1. The van der Waals surface area contributed by atoms with Gasteiger partial charge in [-0.15, -0.1) is 0 Å². The van der Waals surface area contributed by atoms with Crippen molar-refractivity contribution in [2.24, 2.45) is 0 Å². The van der Waals surface area contributed by atoms with Crippen LogP contribution in [0.4, 0.5) is 4.39 Å². The summed E-state index contributed by atoms with van der Waals surface area (Å²) >= 11 is 0. The van der Waals surface area contributed by atoms with E-state index in [9.17, 15) is 9.18 Å². The third-order valence-corrected chi connectivity index (χ3v) is 5.00. The van der Waals surface area contributed by atoms with E-state index in [0.29, 0.717) is 18.7 Å². The van der Waals surface area contributed by atoms with Crippen molar-refractivity contribution < 1.29 is 13.9 Å². The Hall–Kier alpha value is -3.29. The van der Waals surface area contributed by atoms with Gasteiger partial charge in [-0.1, -0.05) is 12.1 Å². The highest BCUT2D eigenvalue weighted by Gasteiger charge is 2.28. The fourth-order valence-electron chi connectivity index (χ4n) is 3.58. The fraction of sp³-hybridized carbons (Fsp3) is 0.300. The van der Waals surface area contributed by atoms with Gasteiger partial charge < -0.3 is 9.64 Å². The number of hydrogen-bond acceptors (Lipinski definition) is 5. The van der Waals surface area contributed by atoms with Crippen LogP contribution < -0.4 is 4.74 Å². The molecule has 2 aromatic heterocycles. The lowest BCUT2D eigenvalue weighted by atomic mass is 9.90. The Labute approximate surface area is 161 Å². The first-order valence-electron chi connectivity index (χ1n) is 9.10. The van der Waals surface area contributed by atoms with Crippen molar-refractivity contribution in [2.75, 3.05) is 20.2 Å². The van der Waals surface area contributed by atoms with Crippen molar-refractivity contribution in [2.45, 2.75) is 18.8 Å². The van der Waals surface area contributed by atoms with Gasteiger partial charge in [0.25, 0.3) is 5.91 Å². The van der Waals surface area contributed by atoms with Crippen LogP contribution >= 0.6 is 0 Å². The summed E-state index contributed by atoms with van der Waals surface area (Å²) < 4.78 is 18.2. The first-order valence-corrected chi connectivity index (χ1v) is 9.10. The van der Waals surface area contributed by atoms with E-state index in [-0.39, 0.29) is 23.7 Å². The summed E-state index contributed by atoms with van der Waals surface area (Å²) in [5, 5.41) is 7.27. The lowest BCUT2D eigenvalue weighted by Gasteiger charge is -2.32. The van der Waals surface area contributed by atoms with Crippen molar-refractivity contribution in [3.8, 4) is 17.1 Å². The van der Waals surface area contributed by atoms with Gasteiger partial charge in [0.15, 0.2) is 0 Å². The normalized spacial score (nSPS) is 16.8. The number of benzene rings is 1. The molecule has 0 radical (unpaired) electrons. The maximum absolute atomic E-state index is 13.2. The number of hydrogen-bond donors (Lipinski definition) is 1. The molecule has 1 atom stereocenters. The van der Waals surface area contributed by atoms with Crippen LogP contribution in [-0.2, 0) is 0 Å². The molecule has 8 heteroatoms. The second-order valence-electron chi connectivity index (χ2n) is 6.75. The fourth-order valence-corrected chi connectivity index (χ4v) is 3.58. The summed E-state index contributed by atoms with van der Waals surface area (Å²) in [6.07, 6.45) is 6.55. The number of amides is 1. The first kappa shape index (κ1) is 18.1. The zero-order chi connectivity index (χ0) is 19.5. The molecule has 0 aliphatic carbocycles. The Morgan fingerprint density at radius 2 is 1.96 bits per heavy atom. The molecule has 4 rings (SSSR count). The Morgan fingerprint density at radius 1 is 1.21 bits per heavy atom. The Balaban J connectivity index is 1.53. The average Bonchev–Trinajstić information content (AvgIpc) is 3.24. The predicted octanol–water partition coefficient (Wildman–Crippen LogP) is 3.03. The molecule has 28 heavy (non-hydrogen) atoms. The maximum atomic E-state index is 13.2. The number of H-pyrrole nitrogens is 1. The number of methoxy groups -OCH3 is 1. The highest BCUT2D eigenvalue weighted by Crippen LogP contribution is 2.33. The van der Waals surface area contributed by atoms with Crippen LogP contribution in [0.25, 0.3) is 11.1 Å². The minimum absolute atomic E-state index is 0.102. The molecule has 1 aliphatic rings. The van der Waals surface area contributed by atoms with Crippen molar-refractivity contribution in [3.63, 3.8) is 0 Å². The first-order chi connectivity index (χ1) is 13.7. The summed E-state index contributed by atoms with van der Waals surface area (Å²) in [6.45, 7) is 1.25. The van der Waals surface area contributed by atoms with Crippen LogP contribution in [0.5, 0.6) is 6.01 Å². The molecule has 1 fully saturated rings. The van der Waals surface area contributed by atoms with Gasteiger partial charge in [-0.3, -0.25) is 9.89 Å². The minimum atomic E-state index is -0.273. The van der Waals surface area contributed by atoms with Crippen LogP contribution in [0, 0.1) is 5.82 Å². The summed E-state index contributed by atoms with van der Waals surface area (Å²) in [5.41, 5.74) is 3.24. The number of nitrogens with zero attached hydrogens (tertiary/aromatic N) is 4. The number of halogens is 1. The summed E-state index contributed by atoms with van der Waals surface area (Å²) in [5.74, 6) is -0.250. The summed E-state index contributed by atoms with van der Waals surface area (Å²) in [6, 6.07) is 6.59. The zero-order valence-corrected chi connectivity index (χ0v) is 15.4. The van der Waals surface area contributed by atoms with Gasteiger partial charge >= 0.3 is 6.01 Å². The highest BCUT2D eigenvalue weighted by atomic mass is 19.1.